The van der Waals surface area contributed by atoms with Gasteiger partial charge in [-0.3, -0.25) is 0 Å². The SMILES string of the molecule is CC1(C)[C@@H]2CC[C@@]1(C)c1nn([B-]3(n4cc5c(n4)[C@]4(C)CC[C@H]5C4(C)C)C4CCCC3CCC4)cc12. The fraction of sp³-hybridized carbons (Fsp3) is 0.800. The largest absolute Gasteiger partial charge is 0.422 e. The number of hydrogen-bond acceptors (Lipinski definition) is 2. The van der Waals surface area contributed by atoms with E-state index in [4.69, 9.17) is 10.2 Å². The van der Waals surface area contributed by atoms with E-state index in [1.54, 1.807) is 11.1 Å². The topological polar surface area (TPSA) is 35.6 Å². The number of fused-ring (bicyclic) bond motifs is 12. The molecule has 6 aliphatic rings. The van der Waals surface area contributed by atoms with Gasteiger partial charge >= 0.3 is 0 Å². The van der Waals surface area contributed by atoms with E-state index in [0.29, 0.717) is 34.3 Å². The van der Waals surface area contributed by atoms with E-state index in [0.717, 1.165) is 0 Å². The molecular weight excluding hydrogens is 427 g/mol. The maximum Gasteiger partial charge on any atom is 0.232 e. The van der Waals surface area contributed by atoms with Gasteiger partial charge in [0.2, 0.25) is 6.42 Å². The Labute approximate surface area is 211 Å². The molecule has 0 aromatic carbocycles. The lowest BCUT2D eigenvalue weighted by atomic mass is 9.24. The van der Waals surface area contributed by atoms with Crippen LogP contribution in [0.3, 0.4) is 0 Å². The monoisotopic (exact) mass is 471 g/mol. The van der Waals surface area contributed by atoms with Gasteiger partial charge in [0.05, 0.1) is 11.4 Å². The Balaban J connectivity index is 1.34. The van der Waals surface area contributed by atoms with Crippen molar-refractivity contribution in [2.75, 3.05) is 0 Å². The smallest absolute Gasteiger partial charge is 0.232 e. The molecule has 4 heterocycles. The van der Waals surface area contributed by atoms with Crippen LogP contribution >= 0.6 is 0 Å². The summed E-state index contributed by atoms with van der Waals surface area (Å²) in [6.45, 7) is 15.0. The lowest BCUT2D eigenvalue weighted by Crippen LogP contribution is -2.62. The summed E-state index contributed by atoms with van der Waals surface area (Å²) in [7, 11) is 0. The van der Waals surface area contributed by atoms with Gasteiger partial charge in [-0.15, -0.1) is 11.6 Å². The minimum absolute atomic E-state index is 0.224. The Hall–Kier alpha value is -1.52. The predicted molar refractivity (Wildman–Crippen MR) is 142 cm³/mol. The molecule has 2 saturated carbocycles. The van der Waals surface area contributed by atoms with E-state index in [2.05, 4.69) is 63.1 Å². The third kappa shape index (κ3) is 2.08. The number of rotatable bonds is 2. The third-order valence-electron chi connectivity index (χ3n) is 14.3. The molecular formula is C30H44BN4-. The molecule has 0 N–H and O–H groups in total. The van der Waals surface area contributed by atoms with E-state index in [-0.39, 0.29) is 10.8 Å². The van der Waals surface area contributed by atoms with E-state index in [9.17, 15) is 0 Å². The maximum absolute atomic E-state index is 5.66. The van der Waals surface area contributed by atoms with Crippen molar-refractivity contribution >= 4 is 6.42 Å². The van der Waals surface area contributed by atoms with Crippen LogP contribution in [0.2, 0.25) is 11.6 Å². The molecule has 4 nitrogen and oxygen atoms in total. The van der Waals surface area contributed by atoms with Gasteiger partial charge in [-0.05, 0) is 71.9 Å². The minimum Gasteiger partial charge on any atom is -0.422 e. The molecule has 5 heteroatoms. The van der Waals surface area contributed by atoms with Crippen LogP contribution in [0.25, 0.3) is 0 Å². The molecule has 0 unspecified atom stereocenters. The number of aromatic nitrogens is 4. The molecule has 8 rings (SSSR count). The zero-order chi connectivity index (χ0) is 24.2. The third-order valence-corrected chi connectivity index (χ3v) is 14.3. The van der Waals surface area contributed by atoms with Crippen LogP contribution in [0, 0.1) is 10.8 Å². The summed E-state index contributed by atoms with van der Waals surface area (Å²) < 4.78 is 5.17. The molecule has 4 aliphatic carbocycles. The zero-order valence-corrected chi connectivity index (χ0v) is 22.9. The fourth-order valence-electron chi connectivity index (χ4n) is 11.5. The van der Waals surface area contributed by atoms with Crippen molar-refractivity contribution in [2.24, 2.45) is 10.8 Å². The molecule has 4 atom stereocenters. The summed E-state index contributed by atoms with van der Waals surface area (Å²) in [6, 6.07) is 0. The molecule has 0 amide bonds. The van der Waals surface area contributed by atoms with E-state index >= 15 is 0 Å². The fourth-order valence-corrected chi connectivity index (χ4v) is 11.5. The first-order valence-electron chi connectivity index (χ1n) is 14.9. The first kappa shape index (κ1) is 21.6. The van der Waals surface area contributed by atoms with Crippen LogP contribution in [0.5, 0.6) is 0 Å². The number of hydrogen-bond donors (Lipinski definition) is 0. The van der Waals surface area contributed by atoms with Crippen molar-refractivity contribution < 1.29 is 0 Å². The first-order valence-corrected chi connectivity index (χ1v) is 14.9. The average molecular weight is 472 g/mol. The number of nitrogens with zero attached hydrogens (tertiary/aromatic N) is 4. The van der Waals surface area contributed by atoms with E-state index in [1.165, 1.54) is 75.6 Å². The Morgan fingerprint density at radius 3 is 1.43 bits per heavy atom. The molecule has 35 heavy (non-hydrogen) atoms. The molecule has 0 spiro atoms. The quantitative estimate of drug-likeness (QED) is 0.429. The molecule has 2 aromatic heterocycles. The first-order chi connectivity index (χ1) is 16.6. The van der Waals surface area contributed by atoms with Crippen molar-refractivity contribution in [1.29, 1.82) is 0 Å². The normalized spacial score (nSPS) is 42.9. The van der Waals surface area contributed by atoms with Gasteiger partial charge in [0.1, 0.15) is 0 Å². The van der Waals surface area contributed by atoms with Crippen LogP contribution in [-0.2, 0) is 10.8 Å². The highest BCUT2D eigenvalue weighted by molar-refractivity contribution is 6.79. The van der Waals surface area contributed by atoms with Gasteiger partial charge < -0.3 is 9.19 Å². The average Bonchev–Trinajstić information content (AvgIpc) is 3.57. The Bertz CT molecular complexity index is 1150. The molecule has 2 aliphatic heterocycles. The minimum atomic E-state index is -1.04. The molecule has 2 aromatic rings. The second-order valence-electron chi connectivity index (χ2n) is 15.4. The van der Waals surface area contributed by atoms with Crippen molar-refractivity contribution in [1.82, 2.24) is 19.4 Å². The molecule has 4 fully saturated rings. The molecule has 0 radical (unpaired) electrons. The van der Waals surface area contributed by atoms with Gasteiger partial charge in [-0.2, -0.15) is 0 Å². The van der Waals surface area contributed by atoms with Gasteiger partial charge in [0, 0.05) is 10.8 Å². The Morgan fingerprint density at radius 2 is 1.06 bits per heavy atom. The Morgan fingerprint density at radius 1 is 0.657 bits per heavy atom. The van der Waals surface area contributed by atoms with Crippen LogP contribution in [-0.4, -0.2) is 25.8 Å². The van der Waals surface area contributed by atoms with Crippen molar-refractivity contribution in [2.45, 2.75) is 140 Å². The van der Waals surface area contributed by atoms with Gasteiger partial charge in [0.25, 0.3) is 0 Å². The molecule has 188 valence electrons. The lowest BCUT2D eigenvalue weighted by Gasteiger charge is -2.59. The van der Waals surface area contributed by atoms with Crippen molar-refractivity contribution in [3.63, 3.8) is 0 Å². The predicted octanol–water partition coefficient (Wildman–Crippen LogP) is 7.38. The van der Waals surface area contributed by atoms with Gasteiger partial charge in [0.15, 0.2) is 0 Å². The second-order valence-corrected chi connectivity index (χ2v) is 15.4. The molecule has 6 bridgehead atoms. The summed E-state index contributed by atoms with van der Waals surface area (Å²) in [5, 5.41) is 11.3. The highest BCUT2D eigenvalue weighted by atomic mass is 15.4. The second kappa shape index (κ2) is 6.13. The van der Waals surface area contributed by atoms with Crippen LogP contribution in [0.4, 0.5) is 0 Å². The summed E-state index contributed by atoms with van der Waals surface area (Å²) in [6.07, 6.45) is 17.5. The van der Waals surface area contributed by atoms with Gasteiger partial charge in [-0.1, -0.05) is 80.1 Å². The van der Waals surface area contributed by atoms with Gasteiger partial charge in [-0.25, -0.2) is 10.2 Å². The summed E-state index contributed by atoms with van der Waals surface area (Å²) in [5.74, 6) is 2.76. The van der Waals surface area contributed by atoms with E-state index in [1.807, 2.05) is 0 Å². The van der Waals surface area contributed by atoms with Crippen molar-refractivity contribution in [3.05, 3.63) is 34.9 Å². The Kier molecular flexibility index (Phi) is 3.78. The van der Waals surface area contributed by atoms with Crippen LogP contribution in [0.15, 0.2) is 12.4 Å². The summed E-state index contributed by atoms with van der Waals surface area (Å²) in [4.78, 5) is 0. The highest BCUT2D eigenvalue weighted by Crippen LogP contribution is 2.69. The highest BCUT2D eigenvalue weighted by Gasteiger charge is 2.63. The van der Waals surface area contributed by atoms with Crippen molar-refractivity contribution in [3.8, 4) is 0 Å². The summed E-state index contributed by atoms with van der Waals surface area (Å²) in [5.41, 5.74) is 7.16. The van der Waals surface area contributed by atoms with Crippen LogP contribution in [0.1, 0.15) is 140 Å². The lowest BCUT2D eigenvalue weighted by molar-refractivity contribution is 0.223. The summed E-state index contributed by atoms with van der Waals surface area (Å²) >= 11 is 0. The molecule has 2 saturated heterocycles. The van der Waals surface area contributed by atoms with E-state index < -0.39 is 6.42 Å². The standard InChI is InChI=1S/C30H44BN4/c1-27(2)23-13-15-29(27,5)25-21(23)17-34(32-25)31(19-9-7-10-20(31)12-8-11-19)35-18-22-24-14-16-30(6,26(22)33-35)28(24,3)4/h17-20,23-24H,7-16H2,1-6H3/q-1/t19?,20?,23-,24-,29+,30+/m1/s1. The zero-order valence-electron chi connectivity index (χ0n) is 22.9. The van der Waals surface area contributed by atoms with Crippen LogP contribution < -0.4 is 0 Å². The maximum atomic E-state index is 5.66.